The number of aliphatic imine (C=N–C) groups is 1. The molecule has 1 aromatic heterocycles. The quantitative estimate of drug-likeness (QED) is 0.368. The van der Waals surface area contributed by atoms with E-state index < -0.39 is 23.2 Å². The van der Waals surface area contributed by atoms with Crippen molar-refractivity contribution in [3.8, 4) is 11.5 Å². The smallest absolute Gasteiger partial charge is 0.433 e. The number of rotatable bonds is 8. The minimum absolute atomic E-state index is 0.0127. The van der Waals surface area contributed by atoms with Crippen LogP contribution in [0, 0.1) is 18.7 Å². The second-order valence-electron chi connectivity index (χ2n) is 10.3. The van der Waals surface area contributed by atoms with Crippen molar-refractivity contribution in [1.29, 1.82) is 0 Å². The largest absolute Gasteiger partial charge is 0.508 e. The molecule has 1 unspecified atom stereocenters. The number of ether oxygens (including phenoxy) is 1. The van der Waals surface area contributed by atoms with Gasteiger partial charge in [0.25, 0.3) is 5.91 Å². The number of amides is 1. The summed E-state index contributed by atoms with van der Waals surface area (Å²) in [6.07, 6.45) is 0.0919. The van der Waals surface area contributed by atoms with Crippen molar-refractivity contribution < 1.29 is 32.2 Å². The van der Waals surface area contributed by atoms with E-state index in [2.05, 4.69) is 24.1 Å². The number of aryl methyl sites for hydroxylation is 1. The number of aromatic nitrogens is 1. The molecule has 2 aromatic rings. The Hall–Kier alpha value is -3.17. The summed E-state index contributed by atoms with van der Waals surface area (Å²) in [7, 11) is 1.39. The molecule has 10 heteroatoms. The van der Waals surface area contributed by atoms with Gasteiger partial charge < -0.3 is 15.2 Å². The molecule has 1 fully saturated rings. The monoisotopic (exact) mass is 537 g/mol. The fourth-order valence-corrected chi connectivity index (χ4v) is 4.52. The number of hydrogen-bond donors (Lipinski definition) is 2. The van der Waals surface area contributed by atoms with Crippen LogP contribution in [0.4, 0.5) is 17.6 Å². The van der Waals surface area contributed by atoms with Crippen LogP contribution in [-0.2, 0) is 11.0 Å². The van der Waals surface area contributed by atoms with Crippen LogP contribution < -0.4 is 10.1 Å². The van der Waals surface area contributed by atoms with Gasteiger partial charge in [0.1, 0.15) is 22.8 Å². The Kier molecular flexibility index (Phi) is 9.05. The molecule has 1 saturated carbocycles. The van der Waals surface area contributed by atoms with Gasteiger partial charge in [0.05, 0.1) is 12.8 Å². The number of benzene rings is 1. The number of halogens is 4. The molecule has 1 aromatic carbocycles. The van der Waals surface area contributed by atoms with Crippen molar-refractivity contribution in [3.63, 3.8) is 0 Å². The number of carbonyl (C=O) groups is 1. The fourth-order valence-electron chi connectivity index (χ4n) is 4.52. The van der Waals surface area contributed by atoms with Crippen LogP contribution in [0.5, 0.6) is 11.5 Å². The Balaban J connectivity index is 0.000000304. The molecular weight excluding hydrogens is 502 g/mol. The van der Waals surface area contributed by atoms with Crippen LogP contribution in [0.15, 0.2) is 29.3 Å². The number of phenols is 1. The zero-order valence-corrected chi connectivity index (χ0v) is 22.4. The van der Waals surface area contributed by atoms with E-state index in [4.69, 9.17) is 14.8 Å². The van der Waals surface area contributed by atoms with Crippen molar-refractivity contribution in [1.82, 2.24) is 10.3 Å². The molecule has 2 heterocycles. The maximum atomic E-state index is 13.1. The third kappa shape index (κ3) is 6.82. The third-order valence-electron chi connectivity index (χ3n) is 6.63. The van der Waals surface area contributed by atoms with Gasteiger partial charge >= 0.3 is 6.18 Å². The molecule has 0 radical (unpaired) electrons. The lowest BCUT2D eigenvalue weighted by Gasteiger charge is -2.23. The lowest BCUT2D eigenvalue weighted by Crippen LogP contribution is -2.40. The highest BCUT2D eigenvalue weighted by atomic mass is 19.4. The Bertz CT molecular complexity index is 1170. The number of methoxy groups -OCH3 is 1. The Morgan fingerprint density at radius 1 is 1.21 bits per heavy atom. The number of amidine groups is 1. The van der Waals surface area contributed by atoms with Crippen molar-refractivity contribution >= 4 is 11.7 Å². The zero-order chi connectivity index (χ0) is 28.3. The maximum Gasteiger partial charge on any atom is 0.433 e. The van der Waals surface area contributed by atoms with Gasteiger partial charge in [0.15, 0.2) is 11.6 Å². The number of pyridine rings is 1. The van der Waals surface area contributed by atoms with Gasteiger partial charge in [0.2, 0.25) is 0 Å². The molecular formula is C28H35F4N3O3. The first-order chi connectivity index (χ1) is 17.8. The lowest BCUT2D eigenvalue weighted by atomic mass is 9.86. The van der Waals surface area contributed by atoms with Crippen molar-refractivity contribution in [3.05, 3.63) is 52.6 Å². The molecule has 1 aliphatic heterocycles. The second kappa shape index (κ2) is 11.7. The molecule has 0 spiro atoms. The molecule has 2 N–H and O–H groups in total. The molecule has 2 aliphatic rings. The van der Waals surface area contributed by atoms with Crippen molar-refractivity contribution in [2.45, 2.75) is 83.9 Å². The van der Waals surface area contributed by atoms with E-state index in [9.17, 15) is 22.4 Å². The van der Waals surface area contributed by atoms with Gasteiger partial charge in [-0.15, -0.1) is 0 Å². The van der Waals surface area contributed by atoms with Crippen molar-refractivity contribution in [2.24, 2.45) is 10.9 Å². The molecule has 4 rings (SSSR count). The normalized spacial score (nSPS) is 19.1. The van der Waals surface area contributed by atoms with Crippen LogP contribution in [0.3, 0.4) is 0 Å². The molecule has 6 nitrogen and oxygen atoms in total. The van der Waals surface area contributed by atoms with E-state index in [0.29, 0.717) is 41.4 Å². The standard InChI is InChI=1S/C20H26F3N3O.C8H9FO2/c1-4-10-19(11-9-12(2)3)18(27)25-17(26-19)14-7-8-15(20(21,22)23)24-16(14)13-5-6-13;1-5-3-6(10)4-7(9)8(5)11-2/h7-8,12-13H,4-6,9-11H2,1-3H3,(H,25,26,27);3-4,10H,1-2H3. The number of carbonyl (C=O) groups excluding carboxylic acids is 1. The van der Waals surface area contributed by atoms with Crippen LogP contribution >= 0.6 is 0 Å². The van der Waals surface area contributed by atoms with Crippen LogP contribution in [0.25, 0.3) is 0 Å². The van der Waals surface area contributed by atoms with Gasteiger partial charge in [-0.2, -0.15) is 13.2 Å². The summed E-state index contributed by atoms with van der Waals surface area (Å²) in [5.41, 5.74) is -0.193. The van der Waals surface area contributed by atoms with Crippen LogP contribution in [0.1, 0.15) is 87.7 Å². The number of aromatic hydroxyl groups is 1. The lowest BCUT2D eigenvalue weighted by molar-refractivity contribution is -0.141. The SMILES string of the molecule is CCCC1(CCC(C)C)N=C(c2ccc(C(F)(F)F)nc2C2CC2)NC1=O.COc1c(C)cc(O)cc1F. The Morgan fingerprint density at radius 2 is 1.89 bits per heavy atom. The van der Waals surface area contributed by atoms with Gasteiger partial charge in [-0.05, 0) is 68.7 Å². The van der Waals surface area contributed by atoms with Gasteiger partial charge in [-0.3, -0.25) is 9.79 Å². The average molecular weight is 538 g/mol. The van der Waals surface area contributed by atoms with E-state index in [-0.39, 0.29) is 23.3 Å². The number of phenolic OH excluding ortho intramolecular Hbond substituents is 1. The summed E-state index contributed by atoms with van der Waals surface area (Å²) in [6.45, 7) is 7.87. The molecule has 1 aliphatic carbocycles. The molecule has 208 valence electrons. The first-order valence-electron chi connectivity index (χ1n) is 12.8. The van der Waals surface area contributed by atoms with E-state index in [0.717, 1.165) is 37.8 Å². The minimum Gasteiger partial charge on any atom is -0.508 e. The fraction of sp³-hybridized carbons (Fsp3) is 0.536. The highest BCUT2D eigenvalue weighted by Crippen LogP contribution is 2.43. The first-order valence-corrected chi connectivity index (χ1v) is 12.8. The summed E-state index contributed by atoms with van der Waals surface area (Å²) in [5, 5.41) is 11.8. The average Bonchev–Trinajstić information content (AvgIpc) is 3.62. The third-order valence-corrected chi connectivity index (χ3v) is 6.63. The predicted octanol–water partition coefficient (Wildman–Crippen LogP) is 6.68. The summed E-state index contributed by atoms with van der Waals surface area (Å²) in [4.78, 5) is 21.4. The van der Waals surface area contributed by atoms with Crippen LogP contribution in [0.2, 0.25) is 0 Å². The number of alkyl halides is 3. The highest BCUT2D eigenvalue weighted by Gasteiger charge is 2.44. The number of nitrogens with zero attached hydrogens (tertiary/aromatic N) is 2. The molecule has 1 atom stereocenters. The summed E-state index contributed by atoms with van der Waals surface area (Å²) in [5.74, 6) is 0.245. The van der Waals surface area contributed by atoms with E-state index in [1.54, 1.807) is 6.92 Å². The van der Waals surface area contributed by atoms with Gasteiger partial charge in [-0.25, -0.2) is 9.37 Å². The number of nitrogens with one attached hydrogen (secondary N) is 1. The van der Waals surface area contributed by atoms with Crippen molar-refractivity contribution in [2.75, 3.05) is 7.11 Å². The molecule has 0 saturated heterocycles. The summed E-state index contributed by atoms with van der Waals surface area (Å²) in [6, 6.07) is 4.85. The van der Waals surface area contributed by atoms with E-state index in [1.165, 1.54) is 19.2 Å². The minimum atomic E-state index is -4.48. The predicted molar refractivity (Wildman–Crippen MR) is 137 cm³/mol. The van der Waals surface area contributed by atoms with E-state index >= 15 is 0 Å². The van der Waals surface area contributed by atoms with E-state index in [1.807, 2.05) is 6.92 Å². The molecule has 0 bridgehead atoms. The second-order valence-corrected chi connectivity index (χ2v) is 10.3. The Morgan fingerprint density at radius 3 is 2.42 bits per heavy atom. The molecule has 1 amide bonds. The zero-order valence-electron chi connectivity index (χ0n) is 22.4. The van der Waals surface area contributed by atoms with Gasteiger partial charge in [0, 0.05) is 17.5 Å². The van der Waals surface area contributed by atoms with Crippen LogP contribution in [-0.4, -0.2) is 34.5 Å². The number of hydrogen-bond acceptors (Lipinski definition) is 5. The highest BCUT2D eigenvalue weighted by molar-refractivity contribution is 6.15. The maximum absolute atomic E-state index is 13.1. The summed E-state index contributed by atoms with van der Waals surface area (Å²) < 4.78 is 56.8. The first kappa shape index (κ1) is 29.4. The van der Waals surface area contributed by atoms with Gasteiger partial charge in [-0.1, -0.05) is 27.2 Å². The Labute approximate surface area is 220 Å². The topological polar surface area (TPSA) is 83.8 Å². The summed E-state index contributed by atoms with van der Waals surface area (Å²) >= 11 is 0. The molecule has 38 heavy (non-hydrogen) atoms.